The molecule has 0 bridgehead atoms. The Morgan fingerprint density at radius 2 is 2.15 bits per heavy atom. The molecule has 20 heavy (non-hydrogen) atoms. The Balaban J connectivity index is 1.70. The molecule has 0 atom stereocenters. The molecule has 8 nitrogen and oxygen atoms in total. The largest absolute Gasteiger partial charge is 0.465 e. The fraction of sp³-hybridized carbons (Fsp3) is 0.455. The Kier molecular flexibility index (Phi) is 3.26. The van der Waals surface area contributed by atoms with Crippen LogP contribution in [0.25, 0.3) is 10.8 Å². The molecule has 1 fully saturated rings. The zero-order chi connectivity index (χ0) is 14.1. The third kappa shape index (κ3) is 2.44. The molecule has 3 heterocycles. The molecule has 1 aliphatic rings. The van der Waals surface area contributed by atoms with Gasteiger partial charge in [0.2, 0.25) is 0 Å². The molecular formula is C11H13N5O3S. The number of hydrogen-bond acceptors (Lipinski definition) is 7. The van der Waals surface area contributed by atoms with E-state index in [-0.39, 0.29) is 0 Å². The van der Waals surface area contributed by atoms with Crippen LogP contribution in [0.2, 0.25) is 0 Å². The molecule has 1 N–H and O–H groups in total. The van der Waals surface area contributed by atoms with Crippen LogP contribution >= 0.6 is 11.3 Å². The molecule has 1 saturated heterocycles. The van der Waals surface area contributed by atoms with Gasteiger partial charge in [-0.25, -0.2) is 9.78 Å². The van der Waals surface area contributed by atoms with Crippen molar-refractivity contribution in [3.63, 3.8) is 0 Å². The van der Waals surface area contributed by atoms with Gasteiger partial charge >= 0.3 is 6.09 Å². The molecule has 9 heteroatoms. The quantitative estimate of drug-likeness (QED) is 0.892. The van der Waals surface area contributed by atoms with E-state index in [2.05, 4.69) is 20.0 Å². The lowest BCUT2D eigenvalue weighted by Gasteiger charge is -2.32. The van der Waals surface area contributed by atoms with Crippen LogP contribution in [0, 0.1) is 6.92 Å². The molecule has 2 aromatic rings. The van der Waals surface area contributed by atoms with Gasteiger partial charge in [0.1, 0.15) is 4.88 Å². The van der Waals surface area contributed by atoms with E-state index in [4.69, 9.17) is 9.63 Å². The summed E-state index contributed by atoms with van der Waals surface area (Å²) >= 11 is 1.47. The molecule has 0 saturated carbocycles. The zero-order valence-electron chi connectivity index (χ0n) is 10.8. The first-order valence-electron chi connectivity index (χ1n) is 6.13. The lowest BCUT2D eigenvalue weighted by atomic mass is 10.3. The SMILES string of the molecule is Cc1noc(-c2cnc(N3CCN(C(=O)O)CC3)s2)n1. The Labute approximate surface area is 118 Å². The fourth-order valence-corrected chi connectivity index (χ4v) is 2.89. The van der Waals surface area contributed by atoms with Gasteiger partial charge in [-0.05, 0) is 6.92 Å². The van der Waals surface area contributed by atoms with Crippen molar-refractivity contribution in [2.75, 3.05) is 31.1 Å². The first-order chi connectivity index (χ1) is 9.63. The van der Waals surface area contributed by atoms with E-state index in [1.54, 1.807) is 13.1 Å². The van der Waals surface area contributed by atoms with Crippen molar-refractivity contribution in [2.45, 2.75) is 6.92 Å². The minimum Gasteiger partial charge on any atom is -0.465 e. The predicted molar refractivity (Wildman–Crippen MR) is 72.0 cm³/mol. The van der Waals surface area contributed by atoms with Crippen molar-refractivity contribution in [2.24, 2.45) is 0 Å². The van der Waals surface area contributed by atoms with Crippen LogP contribution in [0.4, 0.5) is 9.93 Å². The maximum Gasteiger partial charge on any atom is 0.407 e. The van der Waals surface area contributed by atoms with Crippen LogP contribution in [-0.2, 0) is 0 Å². The standard InChI is InChI=1S/C11H13N5O3S/c1-7-13-9(19-14-7)8-6-12-10(20-8)15-2-4-16(5-3-15)11(17)18/h6H,2-5H2,1H3,(H,17,18). The normalized spacial score (nSPS) is 15.7. The van der Waals surface area contributed by atoms with Crippen molar-refractivity contribution < 1.29 is 14.4 Å². The van der Waals surface area contributed by atoms with Crippen LogP contribution < -0.4 is 4.90 Å². The number of aryl methyl sites for hydroxylation is 1. The maximum atomic E-state index is 10.9. The highest BCUT2D eigenvalue weighted by Gasteiger charge is 2.23. The number of nitrogens with zero attached hydrogens (tertiary/aromatic N) is 5. The van der Waals surface area contributed by atoms with E-state index in [1.807, 2.05) is 0 Å². The van der Waals surface area contributed by atoms with Gasteiger partial charge in [0.25, 0.3) is 5.89 Å². The van der Waals surface area contributed by atoms with E-state index >= 15 is 0 Å². The Morgan fingerprint density at radius 3 is 2.75 bits per heavy atom. The number of carbonyl (C=O) groups is 1. The van der Waals surface area contributed by atoms with Crippen LogP contribution in [0.3, 0.4) is 0 Å². The van der Waals surface area contributed by atoms with Crippen molar-refractivity contribution in [1.29, 1.82) is 0 Å². The molecule has 0 aromatic carbocycles. The van der Waals surface area contributed by atoms with Gasteiger partial charge in [0.15, 0.2) is 11.0 Å². The minimum absolute atomic E-state index is 0.468. The average Bonchev–Trinajstić information content (AvgIpc) is 3.07. The molecule has 1 amide bonds. The number of amides is 1. The monoisotopic (exact) mass is 295 g/mol. The molecule has 1 aliphatic heterocycles. The maximum absolute atomic E-state index is 10.9. The topological polar surface area (TPSA) is 95.6 Å². The van der Waals surface area contributed by atoms with Gasteiger partial charge in [-0.3, -0.25) is 0 Å². The minimum atomic E-state index is -0.870. The van der Waals surface area contributed by atoms with Crippen molar-refractivity contribution >= 4 is 22.6 Å². The van der Waals surface area contributed by atoms with Gasteiger partial charge in [0, 0.05) is 26.2 Å². The molecular weight excluding hydrogens is 282 g/mol. The smallest absolute Gasteiger partial charge is 0.407 e. The molecule has 0 spiro atoms. The fourth-order valence-electron chi connectivity index (χ4n) is 2.00. The molecule has 2 aromatic heterocycles. The van der Waals surface area contributed by atoms with Crippen LogP contribution in [0.1, 0.15) is 5.82 Å². The summed E-state index contributed by atoms with van der Waals surface area (Å²) in [6.07, 6.45) is 0.835. The van der Waals surface area contributed by atoms with Gasteiger partial charge < -0.3 is 19.4 Å². The molecule has 0 aliphatic carbocycles. The Morgan fingerprint density at radius 1 is 1.40 bits per heavy atom. The van der Waals surface area contributed by atoms with E-state index < -0.39 is 6.09 Å². The van der Waals surface area contributed by atoms with Crippen molar-refractivity contribution in [1.82, 2.24) is 20.0 Å². The second-order valence-corrected chi connectivity index (χ2v) is 5.42. The van der Waals surface area contributed by atoms with Gasteiger partial charge in [-0.2, -0.15) is 4.98 Å². The highest BCUT2D eigenvalue weighted by Crippen LogP contribution is 2.30. The highest BCUT2D eigenvalue weighted by molar-refractivity contribution is 7.18. The summed E-state index contributed by atoms with van der Waals surface area (Å²) in [7, 11) is 0. The lowest BCUT2D eigenvalue weighted by Crippen LogP contribution is -2.48. The third-order valence-corrected chi connectivity index (χ3v) is 4.10. The number of carboxylic acid groups (broad SMARTS) is 1. The zero-order valence-corrected chi connectivity index (χ0v) is 11.6. The summed E-state index contributed by atoms with van der Waals surface area (Å²) in [4.78, 5) is 23.7. The van der Waals surface area contributed by atoms with Gasteiger partial charge in [0.05, 0.1) is 6.20 Å². The first-order valence-corrected chi connectivity index (χ1v) is 6.94. The number of hydrogen-bond donors (Lipinski definition) is 1. The third-order valence-electron chi connectivity index (χ3n) is 3.05. The summed E-state index contributed by atoms with van der Waals surface area (Å²) in [5.74, 6) is 1.06. The Hall–Kier alpha value is -2.16. The summed E-state index contributed by atoms with van der Waals surface area (Å²) < 4.78 is 5.10. The molecule has 106 valence electrons. The summed E-state index contributed by atoms with van der Waals surface area (Å²) in [6.45, 7) is 4.03. The summed E-state index contributed by atoms with van der Waals surface area (Å²) in [6, 6.07) is 0. The van der Waals surface area contributed by atoms with Crippen molar-refractivity contribution in [3.05, 3.63) is 12.0 Å². The summed E-state index contributed by atoms with van der Waals surface area (Å²) in [5.41, 5.74) is 0. The number of anilines is 1. The Bertz CT molecular complexity index is 617. The van der Waals surface area contributed by atoms with E-state index in [9.17, 15) is 4.79 Å². The summed E-state index contributed by atoms with van der Waals surface area (Å²) in [5, 5.41) is 13.5. The first kappa shape index (κ1) is 12.9. The average molecular weight is 295 g/mol. The number of rotatable bonds is 2. The van der Waals surface area contributed by atoms with Crippen LogP contribution in [0.15, 0.2) is 10.7 Å². The van der Waals surface area contributed by atoms with Gasteiger partial charge in [-0.1, -0.05) is 16.5 Å². The van der Waals surface area contributed by atoms with Crippen molar-refractivity contribution in [3.8, 4) is 10.8 Å². The van der Waals surface area contributed by atoms with E-state index in [0.717, 1.165) is 10.0 Å². The van der Waals surface area contributed by atoms with Crippen LogP contribution in [0.5, 0.6) is 0 Å². The van der Waals surface area contributed by atoms with Crippen LogP contribution in [-0.4, -0.2) is 57.4 Å². The van der Waals surface area contributed by atoms with Gasteiger partial charge in [-0.15, -0.1) is 0 Å². The number of aromatic nitrogens is 3. The predicted octanol–water partition coefficient (Wildman–Crippen LogP) is 1.30. The molecule has 3 rings (SSSR count). The second-order valence-electron chi connectivity index (χ2n) is 4.41. The van der Waals surface area contributed by atoms with E-state index in [1.165, 1.54) is 16.2 Å². The number of piperazine rings is 1. The number of thiazole rings is 1. The second kappa shape index (κ2) is 5.08. The lowest BCUT2D eigenvalue weighted by molar-refractivity contribution is 0.142. The van der Waals surface area contributed by atoms with E-state index in [0.29, 0.717) is 37.9 Å². The molecule has 0 radical (unpaired) electrons. The molecule has 0 unspecified atom stereocenters. The highest BCUT2D eigenvalue weighted by atomic mass is 32.1.